The lowest BCUT2D eigenvalue weighted by Gasteiger charge is -2.25. The quantitative estimate of drug-likeness (QED) is 0.351. The number of fused-ring (bicyclic) bond motifs is 1. The lowest BCUT2D eigenvalue weighted by Crippen LogP contribution is -2.20. The van der Waals surface area contributed by atoms with Crippen LogP contribution in [0.5, 0.6) is 0 Å². The molecule has 2 heteroatoms. The van der Waals surface area contributed by atoms with Crippen LogP contribution in [0.2, 0.25) is 0 Å². The minimum absolute atomic E-state index is 0.00437. The molecule has 2 aliphatic rings. The van der Waals surface area contributed by atoms with Gasteiger partial charge in [-0.05, 0) is 22.3 Å². The van der Waals surface area contributed by atoms with Crippen molar-refractivity contribution in [3.8, 4) is 0 Å². The average Bonchev–Trinajstić information content (AvgIpc) is 3.49. The smallest absolute Gasteiger partial charge is 0.164 e. The minimum atomic E-state index is -0.373. The van der Waals surface area contributed by atoms with Crippen molar-refractivity contribution in [2.75, 3.05) is 0 Å². The molecule has 0 amide bonds. The third kappa shape index (κ3) is 3.14. The van der Waals surface area contributed by atoms with Crippen LogP contribution in [0.4, 0.5) is 0 Å². The number of carbonyl (C=O) groups is 1. The van der Waals surface area contributed by atoms with Gasteiger partial charge in [0.1, 0.15) is 11.9 Å². The molecule has 2 aliphatic carbocycles. The first-order chi connectivity index (χ1) is 16.3. The molecular weight excluding hydrogens is 404 g/mol. The van der Waals surface area contributed by atoms with Gasteiger partial charge in [-0.2, -0.15) is 0 Å². The summed E-state index contributed by atoms with van der Waals surface area (Å²) in [5.41, 5.74) is 4.12. The summed E-state index contributed by atoms with van der Waals surface area (Å²) < 4.78 is 6.75. The van der Waals surface area contributed by atoms with Gasteiger partial charge in [-0.3, -0.25) is 4.79 Å². The highest BCUT2D eigenvalue weighted by Crippen LogP contribution is 2.70. The predicted molar refractivity (Wildman–Crippen MR) is 130 cm³/mol. The molecule has 0 heterocycles. The van der Waals surface area contributed by atoms with Crippen molar-refractivity contribution in [3.63, 3.8) is 0 Å². The van der Waals surface area contributed by atoms with Crippen LogP contribution < -0.4 is 0 Å². The number of hydrogen-bond donors (Lipinski definition) is 0. The Balaban J connectivity index is 1.43. The van der Waals surface area contributed by atoms with E-state index in [1.807, 2.05) is 48.5 Å². The number of carbonyl (C=O) groups excluding carboxylic acids is 1. The second-order valence-corrected chi connectivity index (χ2v) is 8.82. The fraction of sp³-hybridized carbons (Fsp3) is 0.129. The molecule has 1 fully saturated rings. The molecule has 2 unspecified atom stereocenters. The van der Waals surface area contributed by atoms with Gasteiger partial charge in [0.25, 0.3) is 0 Å². The zero-order chi connectivity index (χ0) is 22.3. The van der Waals surface area contributed by atoms with Crippen LogP contribution in [0.15, 0.2) is 133 Å². The van der Waals surface area contributed by atoms with Crippen molar-refractivity contribution in [2.45, 2.75) is 11.5 Å². The van der Waals surface area contributed by atoms with Crippen LogP contribution in [0.3, 0.4) is 0 Å². The van der Waals surface area contributed by atoms with Crippen molar-refractivity contribution in [3.05, 3.63) is 155 Å². The van der Waals surface area contributed by atoms with E-state index in [0.29, 0.717) is 0 Å². The van der Waals surface area contributed by atoms with Gasteiger partial charge in [0.2, 0.25) is 0 Å². The van der Waals surface area contributed by atoms with Gasteiger partial charge in [-0.1, -0.05) is 121 Å². The fourth-order valence-electron chi connectivity index (χ4n) is 5.63. The molecule has 6 rings (SSSR count). The van der Waals surface area contributed by atoms with Gasteiger partial charge >= 0.3 is 0 Å². The topological polar surface area (TPSA) is 26.3 Å². The van der Waals surface area contributed by atoms with E-state index in [-0.39, 0.29) is 29.1 Å². The number of rotatable bonds is 6. The molecule has 1 saturated carbocycles. The Bertz CT molecular complexity index is 1220. The Hall–Kier alpha value is -3.91. The van der Waals surface area contributed by atoms with E-state index in [1.165, 1.54) is 11.1 Å². The SMILES string of the molecule is O=C1C=C(OC(c2ccccc2)c2ccccc2)C2C1C2(c1ccccc1)c1ccccc1. The average molecular weight is 429 g/mol. The highest BCUT2D eigenvalue weighted by Gasteiger charge is 2.73. The van der Waals surface area contributed by atoms with Gasteiger partial charge in [0.15, 0.2) is 5.78 Å². The van der Waals surface area contributed by atoms with Crippen molar-refractivity contribution < 1.29 is 9.53 Å². The molecule has 2 atom stereocenters. The minimum Gasteiger partial charge on any atom is -0.485 e. The molecule has 0 spiro atoms. The highest BCUT2D eigenvalue weighted by molar-refractivity contribution is 6.02. The first kappa shape index (κ1) is 19.8. The lowest BCUT2D eigenvalue weighted by molar-refractivity contribution is -0.115. The van der Waals surface area contributed by atoms with E-state index < -0.39 is 0 Å². The second-order valence-electron chi connectivity index (χ2n) is 8.82. The largest absolute Gasteiger partial charge is 0.485 e. The summed E-state index contributed by atoms with van der Waals surface area (Å²) in [7, 11) is 0. The van der Waals surface area contributed by atoms with E-state index in [4.69, 9.17) is 4.74 Å². The van der Waals surface area contributed by atoms with Gasteiger partial charge < -0.3 is 4.74 Å². The summed E-state index contributed by atoms with van der Waals surface area (Å²) in [6, 6.07) is 41.3. The Morgan fingerprint density at radius 1 is 0.576 bits per heavy atom. The molecule has 33 heavy (non-hydrogen) atoms. The Kier molecular flexibility index (Phi) is 4.73. The summed E-state index contributed by atoms with van der Waals surface area (Å²) in [6.45, 7) is 0. The van der Waals surface area contributed by atoms with Crippen LogP contribution in [0, 0.1) is 11.8 Å². The number of allylic oxidation sites excluding steroid dienone is 2. The van der Waals surface area contributed by atoms with Gasteiger partial charge in [0, 0.05) is 23.3 Å². The van der Waals surface area contributed by atoms with E-state index in [2.05, 4.69) is 72.8 Å². The normalized spacial score (nSPS) is 20.3. The monoisotopic (exact) mass is 428 g/mol. The summed E-state index contributed by atoms with van der Waals surface area (Å²) in [6.07, 6.45) is 1.47. The molecule has 0 radical (unpaired) electrons. The molecule has 2 nitrogen and oxygen atoms in total. The summed E-state index contributed by atoms with van der Waals surface area (Å²) in [5.74, 6) is 0.826. The third-order valence-corrected chi connectivity index (χ3v) is 7.06. The Labute approximate surface area is 194 Å². The molecule has 160 valence electrons. The summed E-state index contributed by atoms with van der Waals surface area (Å²) in [4.78, 5) is 13.3. The molecule has 0 aromatic heterocycles. The van der Waals surface area contributed by atoms with Crippen LogP contribution in [-0.4, -0.2) is 5.78 Å². The van der Waals surface area contributed by atoms with Crippen molar-refractivity contribution in [1.82, 2.24) is 0 Å². The maximum absolute atomic E-state index is 13.3. The molecule has 0 bridgehead atoms. The second kappa shape index (κ2) is 7.90. The molecule has 0 aliphatic heterocycles. The van der Waals surface area contributed by atoms with E-state index >= 15 is 0 Å². The van der Waals surface area contributed by atoms with Crippen LogP contribution in [0.25, 0.3) is 0 Å². The standard InChI is InChI=1S/C31H24O2/c32-26-21-27(33-30(22-13-5-1-6-14-22)23-15-7-2-8-16-23)29-28(26)31(29,24-17-9-3-10-18-24)25-19-11-4-12-20-25/h1-21,28-30H. The Morgan fingerprint density at radius 3 is 1.45 bits per heavy atom. The molecule has 4 aromatic carbocycles. The van der Waals surface area contributed by atoms with Gasteiger partial charge in [0.05, 0.1) is 0 Å². The van der Waals surface area contributed by atoms with Gasteiger partial charge in [-0.25, -0.2) is 0 Å². The van der Waals surface area contributed by atoms with Crippen LogP contribution in [-0.2, 0) is 14.9 Å². The van der Waals surface area contributed by atoms with Crippen LogP contribution in [0.1, 0.15) is 28.4 Å². The Morgan fingerprint density at radius 2 is 1.00 bits per heavy atom. The zero-order valence-corrected chi connectivity index (χ0v) is 18.2. The third-order valence-electron chi connectivity index (χ3n) is 7.06. The van der Waals surface area contributed by atoms with E-state index in [9.17, 15) is 4.79 Å². The highest BCUT2D eigenvalue weighted by atomic mass is 16.5. The maximum atomic E-state index is 13.3. The summed E-state index contributed by atoms with van der Waals surface area (Å²) in [5, 5.41) is 0. The first-order valence-corrected chi connectivity index (χ1v) is 11.4. The maximum Gasteiger partial charge on any atom is 0.164 e. The number of ketones is 1. The summed E-state index contributed by atoms with van der Waals surface area (Å²) >= 11 is 0. The number of hydrogen-bond acceptors (Lipinski definition) is 2. The van der Waals surface area contributed by atoms with E-state index in [1.54, 1.807) is 6.08 Å². The molecule has 0 N–H and O–H groups in total. The van der Waals surface area contributed by atoms with Crippen LogP contribution >= 0.6 is 0 Å². The molecular formula is C31H24O2. The molecule has 4 aromatic rings. The van der Waals surface area contributed by atoms with Crippen molar-refractivity contribution in [2.24, 2.45) is 11.8 Å². The van der Waals surface area contributed by atoms with E-state index in [0.717, 1.165) is 16.9 Å². The zero-order valence-electron chi connectivity index (χ0n) is 18.2. The van der Waals surface area contributed by atoms with Crippen molar-refractivity contribution in [1.29, 1.82) is 0 Å². The van der Waals surface area contributed by atoms with Gasteiger partial charge in [-0.15, -0.1) is 0 Å². The number of benzene rings is 4. The number of ether oxygens (including phenoxy) is 1. The predicted octanol–water partition coefficient (Wildman–Crippen LogP) is 6.49. The molecule has 0 saturated heterocycles. The first-order valence-electron chi connectivity index (χ1n) is 11.4. The van der Waals surface area contributed by atoms with Crippen molar-refractivity contribution >= 4 is 5.78 Å². The lowest BCUT2D eigenvalue weighted by atomic mass is 9.82. The fourth-order valence-corrected chi connectivity index (χ4v) is 5.63.